The number of benzene rings is 2. The number of pyridine rings is 2. The van der Waals surface area contributed by atoms with E-state index < -0.39 is 17.7 Å². The van der Waals surface area contributed by atoms with Crippen LogP contribution in [0.25, 0.3) is 33.4 Å². The first-order valence-corrected chi connectivity index (χ1v) is 14.8. The summed E-state index contributed by atoms with van der Waals surface area (Å²) in [6, 6.07) is 14.2. The van der Waals surface area contributed by atoms with Crippen LogP contribution in [0.1, 0.15) is 54.7 Å². The number of carboxylic acids is 1. The molecule has 0 amide bonds. The number of rotatable bonds is 7. The van der Waals surface area contributed by atoms with Gasteiger partial charge in [0.15, 0.2) is 11.9 Å². The van der Waals surface area contributed by atoms with E-state index in [1.54, 1.807) is 33.7 Å². The molecule has 4 aromatic heterocycles. The molecule has 2 aromatic carbocycles. The molecule has 1 aliphatic rings. The number of hydrogen-bond donors (Lipinski definition) is 1. The Kier molecular flexibility index (Phi) is 6.89. The van der Waals surface area contributed by atoms with Gasteiger partial charge in [-0.3, -0.25) is 4.98 Å². The van der Waals surface area contributed by atoms with Gasteiger partial charge in [0.25, 0.3) is 0 Å². The van der Waals surface area contributed by atoms with E-state index in [9.17, 15) is 14.3 Å². The summed E-state index contributed by atoms with van der Waals surface area (Å²) in [7, 11) is 0. The van der Waals surface area contributed by atoms with Crippen LogP contribution in [0.2, 0.25) is 0 Å². The minimum absolute atomic E-state index is 0.277. The van der Waals surface area contributed by atoms with E-state index in [1.165, 1.54) is 12.1 Å². The van der Waals surface area contributed by atoms with Gasteiger partial charge in [0.05, 0.1) is 29.4 Å². The molecule has 6 aromatic rings. The fourth-order valence-corrected chi connectivity index (χ4v) is 6.09. The molecule has 1 aliphatic heterocycles. The van der Waals surface area contributed by atoms with Crippen molar-refractivity contribution in [1.29, 1.82) is 0 Å². The van der Waals surface area contributed by atoms with Crippen molar-refractivity contribution < 1.29 is 23.8 Å². The number of nitrogens with zero attached hydrogens (tertiary/aromatic N) is 5. The lowest BCUT2D eigenvalue weighted by Crippen LogP contribution is -2.28. The number of aliphatic carboxylic acids is 1. The number of aromatic nitrogens is 5. The van der Waals surface area contributed by atoms with E-state index >= 15 is 0 Å². The normalized spacial score (nSPS) is 13.7. The highest BCUT2D eigenvalue weighted by Crippen LogP contribution is 2.44. The number of carboxylic acid groups (broad SMARTS) is 1. The molecule has 45 heavy (non-hydrogen) atoms. The summed E-state index contributed by atoms with van der Waals surface area (Å²) in [5, 5.41) is 20.9. The maximum atomic E-state index is 13.4. The van der Waals surface area contributed by atoms with Crippen LogP contribution in [0.3, 0.4) is 0 Å². The van der Waals surface area contributed by atoms with Gasteiger partial charge in [-0.05, 0) is 80.3 Å². The second-order valence-corrected chi connectivity index (χ2v) is 12.4. The molecule has 1 atom stereocenters. The Morgan fingerprint density at radius 1 is 1.11 bits per heavy atom. The fraction of sp³-hybridized carbons (Fsp3) is 0.257. The van der Waals surface area contributed by atoms with Crippen molar-refractivity contribution in [2.75, 3.05) is 6.61 Å². The van der Waals surface area contributed by atoms with E-state index in [0.29, 0.717) is 41.1 Å². The molecule has 0 radical (unpaired) electrons. The lowest BCUT2D eigenvalue weighted by Gasteiger charge is -2.28. The Bertz CT molecular complexity index is 2080. The third-order valence-corrected chi connectivity index (χ3v) is 7.98. The Balaban J connectivity index is 1.44. The number of aryl methyl sites for hydroxylation is 1. The highest BCUT2D eigenvalue weighted by molar-refractivity contribution is 6.04. The van der Waals surface area contributed by atoms with Gasteiger partial charge in [-0.2, -0.15) is 5.10 Å². The van der Waals surface area contributed by atoms with Crippen molar-refractivity contribution >= 4 is 22.4 Å². The number of ether oxygens (including phenoxy) is 2. The summed E-state index contributed by atoms with van der Waals surface area (Å²) in [5.41, 5.74) is 6.39. The maximum absolute atomic E-state index is 13.4. The molecule has 7 rings (SSSR count). The first-order valence-electron chi connectivity index (χ1n) is 14.8. The third kappa shape index (κ3) is 5.31. The van der Waals surface area contributed by atoms with Gasteiger partial charge in [-0.25, -0.2) is 18.4 Å². The molecule has 1 N–H and O–H groups in total. The Hall–Kier alpha value is -5.09. The monoisotopic (exact) mass is 605 g/mol. The smallest absolute Gasteiger partial charge is 0.337 e. The molecule has 0 bridgehead atoms. The molecule has 0 spiro atoms. The van der Waals surface area contributed by atoms with Gasteiger partial charge in [0.1, 0.15) is 11.6 Å². The van der Waals surface area contributed by atoms with Crippen LogP contribution in [0, 0.1) is 12.7 Å². The zero-order valence-electron chi connectivity index (χ0n) is 25.4. The van der Waals surface area contributed by atoms with Crippen molar-refractivity contribution in [2.45, 2.75) is 52.2 Å². The van der Waals surface area contributed by atoms with Gasteiger partial charge in [0, 0.05) is 59.6 Å². The highest BCUT2D eigenvalue weighted by Gasteiger charge is 2.33. The molecule has 0 saturated heterocycles. The van der Waals surface area contributed by atoms with Crippen LogP contribution in [0.5, 0.6) is 5.75 Å². The van der Waals surface area contributed by atoms with Gasteiger partial charge >= 0.3 is 5.97 Å². The van der Waals surface area contributed by atoms with Crippen molar-refractivity contribution in [3.63, 3.8) is 0 Å². The van der Waals surface area contributed by atoms with E-state index in [-0.39, 0.29) is 5.82 Å². The minimum Gasteiger partial charge on any atom is -0.493 e. The Labute approximate surface area is 258 Å². The molecule has 10 heteroatoms. The predicted octanol–water partition coefficient (Wildman–Crippen LogP) is 6.65. The maximum Gasteiger partial charge on any atom is 0.337 e. The average molecular weight is 606 g/mol. The molecule has 5 heterocycles. The predicted molar refractivity (Wildman–Crippen MR) is 167 cm³/mol. The van der Waals surface area contributed by atoms with Gasteiger partial charge < -0.3 is 14.6 Å². The van der Waals surface area contributed by atoms with Crippen LogP contribution >= 0.6 is 0 Å². The van der Waals surface area contributed by atoms with Crippen LogP contribution in [-0.4, -0.2) is 47.7 Å². The molecule has 0 saturated carbocycles. The molecule has 1 unspecified atom stereocenters. The number of fused-ring (bicyclic) bond motifs is 1. The number of carbonyl (C=O) groups is 1. The summed E-state index contributed by atoms with van der Waals surface area (Å²) in [6.07, 6.45) is 7.36. The summed E-state index contributed by atoms with van der Waals surface area (Å²) in [4.78, 5) is 17.6. The minimum atomic E-state index is -1.25. The lowest BCUT2D eigenvalue weighted by molar-refractivity contribution is -0.160. The quantitative estimate of drug-likeness (QED) is 0.217. The van der Waals surface area contributed by atoms with Crippen molar-refractivity contribution in [3.8, 4) is 22.7 Å². The molecule has 0 aliphatic carbocycles. The topological polar surface area (TPSA) is 104 Å². The van der Waals surface area contributed by atoms with Crippen LogP contribution < -0.4 is 4.74 Å². The summed E-state index contributed by atoms with van der Waals surface area (Å²) in [5.74, 6) is -0.0506. The Morgan fingerprint density at radius 3 is 2.67 bits per heavy atom. The standard InChI is InChI=1S/C35H32FN5O4/c1-20-18-40-26(16-28(39-40)41-19-22(17-38-41)15-21-5-7-24(36)8-6-21)31(29(20)33(34(42)43)45-35(2,3)4)25-9-10-27-30-23(12-14-44-27)11-13-37-32(25)30/h5-11,13,16-19,33H,12,14-15H2,1-4H3,(H,42,43). The fourth-order valence-electron chi connectivity index (χ4n) is 6.09. The van der Waals surface area contributed by atoms with Gasteiger partial charge in [-0.15, -0.1) is 5.10 Å². The van der Waals surface area contributed by atoms with Crippen LogP contribution in [0.15, 0.2) is 73.3 Å². The second kappa shape index (κ2) is 10.8. The molecule has 0 fully saturated rings. The van der Waals surface area contributed by atoms with Gasteiger partial charge in [0.2, 0.25) is 0 Å². The van der Waals surface area contributed by atoms with E-state index in [1.807, 2.05) is 64.4 Å². The van der Waals surface area contributed by atoms with E-state index in [2.05, 4.69) is 5.10 Å². The lowest BCUT2D eigenvalue weighted by atomic mass is 9.89. The second-order valence-electron chi connectivity index (χ2n) is 12.4. The summed E-state index contributed by atoms with van der Waals surface area (Å²) in [6.45, 7) is 7.99. The molecule has 9 nitrogen and oxygen atoms in total. The number of halogens is 1. The highest BCUT2D eigenvalue weighted by atomic mass is 19.1. The van der Waals surface area contributed by atoms with Crippen molar-refractivity contribution in [2.24, 2.45) is 0 Å². The summed E-state index contributed by atoms with van der Waals surface area (Å²) < 4.78 is 29.1. The summed E-state index contributed by atoms with van der Waals surface area (Å²) >= 11 is 0. The first kappa shape index (κ1) is 28.7. The molecular weight excluding hydrogens is 573 g/mol. The zero-order valence-corrected chi connectivity index (χ0v) is 25.4. The van der Waals surface area contributed by atoms with Crippen molar-refractivity contribution in [3.05, 3.63) is 107 Å². The largest absolute Gasteiger partial charge is 0.493 e. The zero-order chi connectivity index (χ0) is 31.5. The molecular formula is C35H32FN5O4. The van der Waals surface area contributed by atoms with Crippen LogP contribution in [-0.2, 0) is 22.4 Å². The SMILES string of the molecule is Cc1cn2nc(-n3cc(Cc4ccc(F)cc4)cn3)cc2c(-c2ccc3c4c(ccnc24)CCO3)c1C(OC(C)(C)C)C(=O)O. The Morgan fingerprint density at radius 2 is 1.91 bits per heavy atom. The first-order chi connectivity index (χ1) is 21.6. The van der Waals surface area contributed by atoms with Crippen LogP contribution in [0.4, 0.5) is 4.39 Å². The van der Waals surface area contributed by atoms with Crippen molar-refractivity contribution in [1.82, 2.24) is 24.4 Å². The average Bonchev–Trinajstić information content (AvgIpc) is 3.64. The van der Waals surface area contributed by atoms with E-state index in [0.717, 1.165) is 45.3 Å². The third-order valence-electron chi connectivity index (χ3n) is 7.98. The molecule has 228 valence electrons. The number of hydrogen-bond acceptors (Lipinski definition) is 6. The van der Waals surface area contributed by atoms with E-state index in [4.69, 9.17) is 19.6 Å². The van der Waals surface area contributed by atoms with Gasteiger partial charge in [-0.1, -0.05) is 12.1 Å².